The third kappa shape index (κ3) is 4.39. The van der Waals surface area contributed by atoms with Gasteiger partial charge in [-0.25, -0.2) is 9.97 Å². The molecule has 1 rings (SSSR count). The van der Waals surface area contributed by atoms with Crippen LogP contribution in [0.4, 0.5) is 5.82 Å². The summed E-state index contributed by atoms with van der Waals surface area (Å²) in [6.07, 6.45) is 3.19. The van der Waals surface area contributed by atoms with E-state index in [-0.39, 0.29) is 0 Å². The van der Waals surface area contributed by atoms with Crippen molar-refractivity contribution < 1.29 is 4.74 Å². The molecular weight excluding hydrogens is 168 g/mol. The summed E-state index contributed by atoms with van der Waals surface area (Å²) >= 11 is 0. The topological polar surface area (TPSA) is 73.1 Å². The van der Waals surface area contributed by atoms with E-state index in [1.807, 2.05) is 6.07 Å². The van der Waals surface area contributed by atoms with Crippen LogP contribution in [0.25, 0.3) is 0 Å². The predicted octanol–water partition coefficient (Wildman–Crippen LogP) is -0.136. The maximum absolute atomic E-state index is 5.26. The van der Waals surface area contributed by atoms with Crippen molar-refractivity contribution in [3.8, 4) is 0 Å². The average molecular weight is 182 g/mol. The van der Waals surface area contributed by atoms with Crippen LogP contribution in [0.3, 0.4) is 0 Å². The summed E-state index contributed by atoms with van der Waals surface area (Å²) in [5, 5.41) is 3.09. The standard InChI is InChI=1S/C8H14N4O/c9-2-5-13-6-4-11-8-1-3-10-7-12-8/h1,3,7H,2,4-6,9H2,(H,10,11,12). The molecule has 0 saturated heterocycles. The number of anilines is 1. The Morgan fingerprint density at radius 3 is 3.08 bits per heavy atom. The molecule has 0 atom stereocenters. The van der Waals surface area contributed by atoms with E-state index >= 15 is 0 Å². The summed E-state index contributed by atoms with van der Waals surface area (Å²) in [6.45, 7) is 2.54. The Morgan fingerprint density at radius 2 is 2.38 bits per heavy atom. The summed E-state index contributed by atoms with van der Waals surface area (Å²) in [4.78, 5) is 7.80. The molecular formula is C8H14N4O. The molecule has 1 heterocycles. The van der Waals surface area contributed by atoms with Crippen molar-refractivity contribution in [1.82, 2.24) is 9.97 Å². The van der Waals surface area contributed by atoms with Gasteiger partial charge in [-0.15, -0.1) is 0 Å². The van der Waals surface area contributed by atoms with Gasteiger partial charge in [0.1, 0.15) is 12.1 Å². The predicted molar refractivity (Wildman–Crippen MR) is 50.4 cm³/mol. The number of nitrogens with one attached hydrogen (secondary N) is 1. The van der Waals surface area contributed by atoms with E-state index in [0.29, 0.717) is 19.8 Å². The van der Waals surface area contributed by atoms with Gasteiger partial charge in [-0.05, 0) is 6.07 Å². The minimum Gasteiger partial charge on any atom is -0.378 e. The second-order valence-corrected chi connectivity index (χ2v) is 2.42. The summed E-state index contributed by atoms with van der Waals surface area (Å²) < 4.78 is 5.17. The Balaban J connectivity index is 2.07. The molecule has 3 N–H and O–H groups in total. The van der Waals surface area contributed by atoms with Crippen LogP contribution in [0.15, 0.2) is 18.6 Å². The lowest BCUT2D eigenvalue weighted by Gasteiger charge is -2.04. The SMILES string of the molecule is NCCOCCNc1ccncn1. The Morgan fingerprint density at radius 1 is 1.46 bits per heavy atom. The molecule has 0 aliphatic carbocycles. The van der Waals surface area contributed by atoms with Gasteiger partial charge in [0.15, 0.2) is 0 Å². The molecule has 13 heavy (non-hydrogen) atoms. The van der Waals surface area contributed by atoms with Crippen molar-refractivity contribution in [3.63, 3.8) is 0 Å². The minimum absolute atomic E-state index is 0.563. The smallest absolute Gasteiger partial charge is 0.129 e. The molecule has 0 aliphatic heterocycles. The molecule has 0 bridgehead atoms. The lowest BCUT2D eigenvalue weighted by atomic mass is 10.5. The molecule has 0 aliphatic rings. The maximum atomic E-state index is 5.26. The average Bonchev–Trinajstić information content (AvgIpc) is 2.19. The van der Waals surface area contributed by atoms with Gasteiger partial charge in [-0.1, -0.05) is 0 Å². The van der Waals surface area contributed by atoms with Gasteiger partial charge in [0, 0.05) is 19.3 Å². The van der Waals surface area contributed by atoms with Crippen LogP contribution >= 0.6 is 0 Å². The highest BCUT2D eigenvalue weighted by molar-refractivity contribution is 5.31. The lowest BCUT2D eigenvalue weighted by Crippen LogP contribution is -2.14. The molecule has 5 nitrogen and oxygen atoms in total. The van der Waals surface area contributed by atoms with E-state index < -0.39 is 0 Å². The molecule has 0 radical (unpaired) electrons. The number of nitrogens with zero attached hydrogens (tertiary/aromatic N) is 2. The van der Waals surface area contributed by atoms with E-state index in [9.17, 15) is 0 Å². The van der Waals surface area contributed by atoms with Crippen molar-refractivity contribution in [2.24, 2.45) is 5.73 Å². The van der Waals surface area contributed by atoms with E-state index in [0.717, 1.165) is 12.4 Å². The van der Waals surface area contributed by atoms with Crippen LogP contribution in [0.1, 0.15) is 0 Å². The minimum atomic E-state index is 0.563. The molecule has 5 heteroatoms. The van der Waals surface area contributed by atoms with Gasteiger partial charge < -0.3 is 15.8 Å². The third-order valence-corrected chi connectivity index (χ3v) is 1.40. The van der Waals surface area contributed by atoms with Gasteiger partial charge in [0.25, 0.3) is 0 Å². The Bertz CT molecular complexity index is 217. The fraction of sp³-hybridized carbons (Fsp3) is 0.500. The molecule has 0 aromatic carbocycles. The van der Waals surface area contributed by atoms with Crippen LogP contribution in [-0.4, -0.2) is 36.3 Å². The highest BCUT2D eigenvalue weighted by Crippen LogP contribution is 1.95. The van der Waals surface area contributed by atoms with Gasteiger partial charge in [0.05, 0.1) is 13.2 Å². The first-order valence-corrected chi connectivity index (χ1v) is 4.21. The van der Waals surface area contributed by atoms with E-state index in [1.165, 1.54) is 6.33 Å². The lowest BCUT2D eigenvalue weighted by molar-refractivity contribution is 0.151. The van der Waals surface area contributed by atoms with Gasteiger partial charge in [-0.2, -0.15) is 0 Å². The zero-order valence-electron chi connectivity index (χ0n) is 7.44. The van der Waals surface area contributed by atoms with E-state index in [1.54, 1.807) is 6.20 Å². The number of aromatic nitrogens is 2. The van der Waals surface area contributed by atoms with Crippen LogP contribution < -0.4 is 11.1 Å². The number of rotatable bonds is 6. The first-order chi connectivity index (χ1) is 6.43. The number of hydrogen-bond acceptors (Lipinski definition) is 5. The van der Waals surface area contributed by atoms with Crippen molar-refractivity contribution in [3.05, 3.63) is 18.6 Å². The molecule has 0 fully saturated rings. The molecule has 72 valence electrons. The zero-order chi connectivity index (χ0) is 9.36. The molecule has 0 spiro atoms. The second kappa shape index (κ2) is 6.33. The second-order valence-electron chi connectivity index (χ2n) is 2.42. The largest absolute Gasteiger partial charge is 0.378 e. The van der Waals surface area contributed by atoms with Crippen LogP contribution in [0.5, 0.6) is 0 Å². The van der Waals surface area contributed by atoms with E-state index in [4.69, 9.17) is 10.5 Å². The quantitative estimate of drug-likeness (QED) is 0.599. The zero-order valence-corrected chi connectivity index (χ0v) is 7.44. The summed E-state index contributed by atoms with van der Waals surface area (Å²) in [6, 6.07) is 1.81. The van der Waals surface area contributed by atoms with Gasteiger partial charge >= 0.3 is 0 Å². The van der Waals surface area contributed by atoms with Crippen molar-refractivity contribution in [2.75, 3.05) is 31.6 Å². The maximum Gasteiger partial charge on any atom is 0.129 e. The van der Waals surface area contributed by atoms with Crippen molar-refractivity contribution in [2.45, 2.75) is 0 Å². The van der Waals surface area contributed by atoms with Crippen molar-refractivity contribution in [1.29, 1.82) is 0 Å². The van der Waals surface area contributed by atoms with Crippen LogP contribution in [-0.2, 0) is 4.74 Å². The summed E-state index contributed by atoms with van der Waals surface area (Å²) in [5.74, 6) is 0.811. The highest BCUT2D eigenvalue weighted by Gasteiger charge is 1.90. The summed E-state index contributed by atoms with van der Waals surface area (Å²) in [7, 11) is 0. The molecule has 0 saturated carbocycles. The first-order valence-electron chi connectivity index (χ1n) is 4.21. The number of ether oxygens (including phenoxy) is 1. The van der Waals surface area contributed by atoms with Gasteiger partial charge in [0.2, 0.25) is 0 Å². The fourth-order valence-electron chi connectivity index (χ4n) is 0.832. The Hall–Kier alpha value is -1.20. The number of hydrogen-bond donors (Lipinski definition) is 2. The fourth-order valence-corrected chi connectivity index (χ4v) is 0.832. The first kappa shape index (κ1) is 9.88. The molecule has 0 unspecified atom stereocenters. The third-order valence-electron chi connectivity index (χ3n) is 1.40. The molecule has 0 amide bonds. The summed E-state index contributed by atoms with van der Waals surface area (Å²) in [5.41, 5.74) is 5.26. The number of nitrogens with two attached hydrogens (primary N) is 1. The molecule has 1 aromatic heterocycles. The molecule has 1 aromatic rings. The highest BCUT2D eigenvalue weighted by atomic mass is 16.5. The van der Waals surface area contributed by atoms with Crippen LogP contribution in [0.2, 0.25) is 0 Å². The normalized spacial score (nSPS) is 9.92. The van der Waals surface area contributed by atoms with Crippen molar-refractivity contribution >= 4 is 5.82 Å². The Kier molecular flexibility index (Phi) is 4.81. The van der Waals surface area contributed by atoms with Gasteiger partial charge in [-0.3, -0.25) is 0 Å². The van der Waals surface area contributed by atoms with Crippen LogP contribution in [0, 0.1) is 0 Å². The monoisotopic (exact) mass is 182 g/mol. The van der Waals surface area contributed by atoms with E-state index in [2.05, 4.69) is 15.3 Å². The Labute approximate surface area is 77.3 Å².